The van der Waals surface area contributed by atoms with Crippen LogP contribution >= 0.6 is 0 Å². The van der Waals surface area contributed by atoms with E-state index in [0.29, 0.717) is 38.0 Å². The predicted molar refractivity (Wildman–Crippen MR) is 116 cm³/mol. The molecule has 0 spiro atoms. The van der Waals surface area contributed by atoms with Gasteiger partial charge in [0.25, 0.3) is 0 Å². The van der Waals surface area contributed by atoms with Gasteiger partial charge in [-0.05, 0) is 31.1 Å². The van der Waals surface area contributed by atoms with Crippen molar-refractivity contribution >= 4 is 25.7 Å². The summed E-state index contributed by atoms with van der Waals surface area (Å²) in [6.45, 7) is 1.11. The first-order chi connectivity index (χ1) is 14.0. The monoisotopic (exact) mass is 456 g/mol. The van der Waals surface area contributed by atoms with Crippen molar-refractivity contribution in [2.45, 2.75) is 29.6 Å². The molecule has 0 bridgehead atoms. The van der Waals surface area contributed by atoms with Crippen LogP contribution in [0, 0.1) is 0 Å². The third-order valence-corrected chi connectivity index (χ3v) is 8.01. The molecular weight excluding hydrogens is 428 g/mol. The number of nitrogens with one attached hydrogen (secondary N) is 2. The molecule has 1 atom stereocenters. The third kappa shape index (κ3) is 5.38. The fraction of sp³-hybridized carbons (Fsp3) is 0.500. The van der Waals surface area contributed by atoms with Crippen molar-refractivity contribution in [3.63, 3.8) is 0 Å². The Morgan fingerprint density at radius 2 is 1.83 bits per heavy atom. The van der Waals surface area contributed by atoms with Gasteiger partial charge in [-0.1, -0.05) is 12.1 Å². The van der Waals surface area contributed by atoms with Gasteiger partial charge in [0.1, 0.15) is 15.7 Å². The number of amidine groups is 1. The van der Waals surface area contributed by atoms with Crippen LogP contribution in [0.3, 0.4) is 0 Å². The summed E-state index contributed by atoms with van der Waals surface area (Å²) in [6, 6.07) is 6.37. The lowest BCUT2D eigenvalue weighted by Crippen LogP contribution is -2.49. The summed E-state index contributed by atoms with van der Waals surface area (Å²) >= 11 is 0. The van der Waals surface area contributed by atoms with Gasteiger partial charge in [-0.15, -0.1) is 0 Å². The van der Waals surface area contributed by atoms with E-state index < -0.39 is 25.6 Å². The quantitative estimate of drug-likeness (QED) is 0.407. The molecule has 2 aliphatic rings. The molecule has 30 heavy (non-hydrogen) atoms. The Bertz CT molecular complexity index is 1030. The number of nitrogens with zero attached hydrogens (tertiary/aromatic N) is 2. The Balaban J connectivity index is 1.62. The predicted octanol–water partition coefficient (Wildman–Crippen LogP) is -0.983. The van der Waals surface area contributed by atoms with E-state index in [-0.39, 0.29) is 22.5 Å². The Morgan fingerprint density at radius 3 is 2.40 bits per heavy atom. The fourth-order valence-electron chi connectivity index (χ4n) is 3.45. The number of sulfonamides is 1. The van der Waals surface area contributed by atoms with Crippen molar-refractivity contribution < 1.29 is 16.8 Å². The minimum absolute atomic E-state index is 0.0703. The van der Waals surface area contributed by atoms with Crippen molar-refractivity contribution in [1.82, 2.24) is 14.9 Å². The number of nitrogens with two attached hydrogens (primary N) is 2. The number of benzene rings is 1. The standard InChI is InChI=1S/C18H28N6O4S2/c1-29(25,26)13-10-21-15-7-11-24(12-8-15)30(27,28)16-4-2-14(3-5-16)18(20)22-9-6-17(19)23-18/h2-6,9,15,21-22H,7-8,10-13,20H2,1H3,(H2,19,23). The number of hydrogen-bond acceptors (Lipinski definition) is 9. The van der Waals surface area contributed by atoms with Crippen LogP contribution in [-0.4, -0.2) is 64.7 Å². The molecule has 0 amide bonds. The first-order valence-corrected chi connectivity index (χ1v) is 13.1. The van der Waals surface area contributed by atoms with Crippen molar-refractivity contribution in [3.8, 4) is 0 Å². The first-order valence-electron chi connectivity index (χ1n) is 9.60. The SMILES string of the molecule is CS(=O)(=O)CCNC1CCN(S(=O)(=O)c2ccc(C3(N)N=C(N)C=CN3)cc2)CC1. The molecule has 3 rings (SSSR count). The van der Waals surface area contributed by atoms with Crippen LogP contribution in [0.1, 0.15) is 18.4 Å². The van der Waals surface area contributed by atoms with E-state index in [2.05, 4.69) is 15.6 Å². The number of sulfone groups is 1. The molecule has 2 aliphatic heterocycles. The Labute approximate surface area is 177 Å². The summed E-state index contributed by atoms with van der Waals surface area (Å²) in [5, 5.41) is 6.11. The maximum absolute atomic E-state index is 13.0. The Hall–Kier alpha value is -1.99. The second-order valence-corrected chi connectivity index (χ2v) is 11.8. The highest BCUT2D eigenvalue weighted by atomic mass is 32.2. The highest BCUT2D eigenvalue weighted by molar-refractivity contribution is 7.90. The Morgan fingerprint density at radius 1 is 1.20 bits per heavy atom. The van der Waals surface area contributed by atoms with Crippen molar-refractivity contribution in [1.29, 1.82) is 0 Å². The van der Waals surface area contributed by atoms with Gasteiger partial charge in [-0.25, -0.2) is 21.8 Å². The molecule has 0 saturated carbocycles. The first kappa shape index (κ1) is 22.7. The van der Waals surface area contributed by atoms with Crippen LogP contribution in [0.2, 0.25) is 0 Å². The van der Waals surface area contributed by atoms with E-state index in [9.17, 15) is 16.8 Å². The van der Waals surface area contributed by atoms with Crippen molar-refractivity contribution in [3.05, 3.63) is 42.1 Å². The van der Waals surface area contributed by atoms with E-state index in [4.69, 9.17) is 11.5 Å². The van der Waals surface area contributed by atoms with Gasteiger partial charge in [0.05, 0.1) is 10.6 Å². The maximum Gasteiger partial charge on any atom is 0.243 e. The average Bonchev–Trinajstić information content (AvgIpc) is 2.67. The van der Waals surface area contributed by atoms with Crippen LogP contribution in [0.4, 0.5) is 0 Å². The minimum atomic E-state index is -3.63. The largest absolute Gasteiger partial charge is 0.384 e. The molecule has 1 fully saturated rings. The molecule has 1 unspecified atom stereocenters. The van der Waals surface area contributed by atoms with E-state index in [1.807, 2.05) is 0 Å². The zero-order chi connectivity index (χ0) is 22.0. The second kappa shape index (κ2) is 8.63. The maximum atomic E-state index is 13.0. The van der Waals surface area contributed by atoms with E-state index in [1.165, 1.54) is 22.7 Å². The zero-order valence-electron chi connectivity index (χ0n) is 16.8. The molecule has 166 valence electrons. The number of piperidine rings is 1. The highest BCUT2D eigenvalue weighted by Gasteiger charge is 2.31. The van der Waals surface area contributed by atoms with Gasteiger partial charge in [-0.2, -0.15) is 4.31 Å². The lowest BCUT2D eigenvalue weighted by atomic mass is 10.1. The van der Waals surface area contributed by atoms with E-state index >= 15 is 0 Å². The van der Waals surface area contributed by atoms with E-state index in [0.717, 1.165) is 0 Å². The molecule has 1 aromatic rings. The minimum Gasteiger partial charge on any atom is -0.384 e. The van der Waals surface area contributed by atoms with Crippen molar-refractivity contribution in [2.75, 3.05) is 31.6 Å². The third-order valence-electron chi connectivity index (χ3n) is 5.15. The molecule has 1 aromatic carbocycles. The van der Waals surface area contributed by atoms with Crippen LogP contribution in [0.25, 0.3) is 0 Å². The molecular formula is C18H28N6O4S2. The van der Waals surface area contributed by atoms with Crippen LogP contribution < -0.4 is 22.1 Å². The molecule has 0 aliphatic carbocycles. The molecule has 1 saturated heterocycles. The van der Waals surface area contributed by atoms with Crippen LogP contribution in [0.15, 0.2) is 46.4 Å². The number of rotatable bonds is 7. The smallest absolute Gasteiger partial charge is 0.243 e. The van der Waals surface area contributed by atoms with Gasteiger partial charge >= 0.3 is 0 Å². The molecule has 10 nitrogen and oxygen atoms in total. The number of aliphatic imine (C=N–C) groups is 1. The van der Waals surface area contributed by atoms with Gasteiger partial charge in [0.2, 0.25) is 15.8 Å². The fourth-order valence-corrected chi connectivity index (χ4v) is 5.41. The summed E-state index contributed by atoms with van der Waals surface area (Å²) < 4.78 is 49.8. The molecule has 2 heterocycles. The van der Waals surface area contributed by atoms with Crippen LogP contribution in [-0.2, 0) is 25.6 Å². The Kier molecular flexibility index (Phi) is 6.53. The summed E-state index contributed by atoms with van der Waals surface area (Å²) in [5.74, 6) is -0.890. The molecule has 0 radical (unpaired) electrons. The lowest BCUT2D eigenvalue weighted by molar-refractivity contribution is 0.292. The summed E-state index contributed by atoms with van der Waals surface area (Å²) in [5.41, 5.74) is 12.5. The molecule has 12 heteroatoms. The molecule has 0 aromatic heterocycles. The number of hydrogen-bond donors (Lipinski definition) is 4. The summed E-state index contributed by atoms with van der Waals surface area (Å²) in [4.78, 5) is 4.37. The van der Waals surface area contributed by atoms with Gasteiger partial charge < -0.3 is 16.4 Å². The van der Waals surface area contributed by atoms with E-state index in [1.54, 1.807) is 24.4 Å². The zero-order valence-corrected chi connectivity index (χ0v) is 18.4. The summed E-state index contributed by atoms with van der Waals surface area (Å²) in [6.07, 6.45) is 5.63. The van der Waals surface area contributed by atoms with Crippen LogP contribution in [0.5, 0.6) is 0 Å². The molecule has 6 N–H and O–H groups in total. The average molecular weight is 457 g/mol. The second-order valence-electron chi connectivity index (χ2n) is 7.57. The normalized spacial score (nSPS) is 23.7. The van der Waals surface area contributed by atoms with Crippen molar-refractivity contribution in [2.24, 2.45) is 16.5 Å². The van der Waals surface area contributed by atoms with Gasteiger partial charge in [-0.3, -0.25) is 5.73 Å². The topological polar surface area (TPSA) is 160 Å². The van der Waals surface area contributed by atoms with Gasteiger partial charge in [0, 0.05) is 43.7 Å². The van der Waals surface area contributed by atoms with Gasteiger partial charge in [0.15, 0.2) is 0 Å². The lowest BCUT2D eigenvalue weighted by Gasteiger charge is -2.32. The summed E-state index contributed by atoms with van der Waals surface area (Å²) in [7, 11) is -6.65. The highest BCUT2D eigenvalue weighted by Crippen LogP contribution is 2.24.